The quantitative estimate of drug-likeness (QED) is 0.743. The van der Waals surface area contributed by atoms with Gasteiger partial charge in [0.15, 0.2) is 5.82 Å². The Bertz CT molecular complexity index is 859. The van der Waals surface area contributed by atoms with Gasteiger partial charge in [-0.05, 0) is 30.9 Å². The molecule has 0 aliphatic heterocycles. The first-order valence-corrected chi connectivity index (χ1v) is 9.44. The number of halogens is 3. The molecule has 1 saturated carbocycles. The van der Waals surface area contributed by atoms with Gasteiger partial charge in [-0.25, -0.2) is 8.78 Å². The number of benzene rings is 1. The maximum Gasteiger partial charge on any atom is 0.292 e. The van der Waals surface area contributed by atoms with Crippen molar-refractivity contribution in [1.82, 2.24) is 9.78 Å². The second-order valence-corrected chi connectivity index (χ2v) is 7.16. The van der Waals surface area contributed by atoms with Crippen LogP contribution in [-0.2, 0) is 4.74 Å². The number of nitrogens with zero attached hydrogens (tertiary/aromatic N) is 2. The summed E-state index contributed by atoms with van der Waals surface area (Å²) in [6.07, 6.45) is 6.32. The topological polar surface area (TPSA) is 56.1 Å². The monoisotopic (exact) mass is 397 g/mol. The summed E-state index contributed by atoms with van der Waals surface area (Å²) in [5.74, 6) is -1.07. The largest absolute Gasteiger partial charge is 0.380 e. The standard InChI is InChI=1S/C19H22ClF2N3O2/c1-12-4-2-3-5-17(12)27-9-8-23-15-11-24-25(19(26)18(15)20)16-7-6-13(21)10-14(16)22/h6-7,10-12,17,23H,2-5,8-9H2,1H3. The molecule has 27 heavy (non-hydrogen) atoms. The molecule has 0 saturated heterocycles. The van der Waals surface area contributed by atoms with Gasteiger partial charge in [0.1, 0.15) is 16.5 Å². The molecule has 1 fully saturated rings. The van der Waals surface area contributed by atoms with Crippen LogP contribution in [0.4, 0.5) is 14.5 Å². The zero-order valence-corrected chi connectivity index (χ0v) is 15.8. The zero-order chi connectivity index (χ0) is 19.4. The van der Waals surface area contributed by atoms with Crippen LogP contribution in [-0.4, -0.2) is 29.0 Å². The molecule has 0 amide bonds. The Morgan fingerprint density at radius 3 is 2.85 bits per heavy atom. The number of ether oxygens (including phenoxy) is 1. The average molecular weight is 398 g/mol. The van der Waals surface area contributed by atoms with Gasteiger partial charge in [0.2, 0.25) is 0 Å². The molecule has 0 radical (unpaired) electrons. The van der Waals surface area contributed by atoms with Gasteiger partial charge in [0.25, 0.3) is 5.56 Å². The third-order valence-corrected chi connectivity index (χ3v) is 5.20. The van der Waals surface area contributed by atoms with Crippen molar-refractivity contribution in [1.29, 1.82) is 0 Å². The van der Waals surface area contributed by atoms with Crippen LogP contribution < -0.4 is 10.9 Å². The first-order chi connectivity index (χ1) is 13.0. The van der Waals surface area contributed by atoms with E-state index in [4.69, 9.17) is 16.3 Å². The summed E-state index contributed by atoms with van der Waals surface area (Å²) >= 11 is 6.11. The Morgan fingerprint density at radius 1 is 1.33 bits per heavy atom. The van der Waals surface area contributed by atoms with Crippen molar-refractivity contribution < 1.29 is 13.5 Å². The maximum atomic E-state index is 13.9. The van der Waals surface area contributed by atoms with Gasteiger partial charge in [-0.1, -0.05) is 31.4 Å². The Balaban J connectivity index is 1.64. The van der Waals surface area contributed by atoms with Crippen LogP contribution >= 0.6 is 11.6 Å². The van der Waals surface area contributed by atoms with E-state index in [9.17, 15) is 13.6 Å². The Kier molecular flexibility index (Phi) is 6.44. The molecule has 146 valence electrons. The average Bonchev–Trinajstić information content (AvgIpc) is 2.64. The summed E-state index contributed by atoms with van der Waals surface area (Å²) in [6, 6.07) is 2.88. The Morgan fingerprint density at radius 2 is 2.11 bits per heavy atom. The highest BCUT2D eigenvalue weighted by Crippen LogP contribution is 2.26. The Labute approximate surface area is 161 Å². The summed E-state index contributed by atoms with van der Waals surface area (Å²) in [6.45, 7) is 3.16. The minimum absolute atomic E-state index is 0.111. The van der Waals surface area contributed by atoms with Crippen molar-refractivity contribution in [2.45, 2.75) is 38.7 Å². The van der Waals surface area contributed by atoms with E-state index in [0.29, 0.717) is 30.8 Å². The van der Waals surface area contributed by atoms with Crippen molar-refractivity contribution in [3.05, 3.63) is 51.4 Å². The molecule has 1 N–H and O–H groups in total. The van der Waals surface area contributed by atoms with Crippen LogP contribution in [0, 0.1) is 17.6 Å². The number of anilines is 1. The molecule has 5 nitrogen and oxygen atoms in total. The summed E-state index contributed by atoms with van der Waals surface area (Å²) < 4.78 is 33.7. The predicted molar refractivity (Wildman–Crippen MR) is 101 cm³/mol. The van der Waals surface area contributed by atoms with Crippen molar-refractivity contribution in [2.75, 3.05) is 18.5 Å². The van der Waals surface area contributed by atoms with E-state index < -0.39 is 17.2 Å². The molecule has 1 aromatic heterocycles. The lowest BCUT2D eigenvalue weighted by Crippen LogP contribution is -2.28. The van der Waals surface area contributed by atoms with E-state index in [1.807, 2.05) is 0 Å². The van der Waals surface area contributed by atoms with Crippen molar-refractivity contribution >= 4 is 17.3 Å². The fourth-order valence-electron chi connectivity index (χ4n) is 3.31. The highest BCUT2D eigenvalue weighted by atomic mass is 35.5. The molecule has 1 aliphatic carbocycles. The van der Waals surface area contributed by atoms with Gasteiger partial charge in [-0.2, -0.15) is 9.78 Å². The van der Waals surface area contributed by atoms with Gasteiger partial charge in [0, 0.05) is 12.6 Å². The van der Waals surface area contributed by atoms with Crippen LogP contribution in [0.3, 0.4) is 0 Å². The molecule has 1 aliphatic rings. The number of hydrogen-bond acceptors (Lipinski definition) is 4. The van der Waals surface area contributed by atoms with E-state index in [1.54, 1.807) is 0 Å². The van der Waals surface area contributed by atoms with Crippen molar-refractivity contribution in [3.63, 3.8) is 0 Å². The SMILES string of the molecule is CC1CCCCC1OCCNc1cnn(-c2ccc(F)cc2F)c(=O)c1Cl. The molecule has 2 aromatic rings. The number of aromatic nitrogens is 2. The first kappa shape index (κ1) is 19.8. The van der Waals surface area contributed by atoms with Crippen LogP contribution in [0.1, 0.15) is 32.6 Å². The van der Waals surface area contributed by atoms with E-state index in [2.05, 4.69) is 17.3 Å². The molecule has 0 bridgehead atoms. The van der Waals surface area contributed by atoms with E-state index in [-0.39, 0.29) is 16.8 Å². The lowest BCUT2D eigenvalue weighted by Gasteiger charge is -2.28. The Hall–Kier alpha value is -1.99. The second-order valence-electron chi connectivity index (χ2n) is 6.78. The normalized spacial score (nSPS) is 19.9. The minimum atomic E-state index is -0.892. The zero-order valence-electron chi connectivity index (χ0n) is 15.1. The molecular formula is C19H22ClF2N3O2. The van der Waals surface area contributed by atoms with Gasteiger partial charge in [-0.3, -0.25) is 4.79 Å². The molecule has 3 rings (SSSR count). The maximum absolute atomic E-state index is 13.9. The minimum Gasteiger partial charge on any atom is -0.380 e. The second kappa shape index (κ2) is 8.80. The number of rotatable bonds is 6. The van der Waals surface area contributed by atoms with E-state index >= 15 is 0 Å². The summed E-state index contributed by atoms with van der Waals surface area (Å²) in [5, 5.41) is 6.85. The van der Waals surface area contributed by atoms with Crippen LogP contribution in [0.5, 0.6) is 0 Å². The summed E-state index contributed by atoms with van der Waals surface area (Å²) in [7, 11) is 0. The smallest absolute Gasteiger partial charge is 0.292 e. The third kappa shape index (κ3) is 4.65. The molecule has 1 heterocycles. The van der Waals surface area contributed by atoms with Crippen LogP contribution in [0.25, 0.3) is 5.69 Å². The predicted octanol–water partition coefficient (Wildman–Crippen LogP) is 4.17. The lowest BCUT2D eigenvalue weighted by atomic mass is 9.88. The highest BCUT2D eigenvalue weighted by molar-refractivity contribution is 6.32. The number of nitrogens with one attached hydrogen (secondary N) is 1. The molecule has 0 spiro atoms. The van der Waals surface area contributed by atoms with E-state index in [0.717, 1.165) is 23.2 Å². The third-order valence-electron chi connectivity index (χ3n) is 4.84. The van der Waals surface area contributed by atoms with Crippen LogP contribution in [0.15, 0.2) is 29.2 Å². The lowest BCUT2D eigenvalue weighted by molar-refractivity contribution is 0.000391. The fraction of sp³-hybridized carbons (Fsp3) is 0.474. The van der Waals surface area contributed by atoms with Gasteiger partial charge in [0.05, 0.1) is 24.6 Å². The molecule has 2 atom stereocenters. The highest BCUT2D eigenvalue weighted by Gasteiger charge is 2.21. The van der Waals surface area contributed by atoms with Crippen molar-refractivity contribution in [3.8, 4) is 5.69 Å². The molecular weight excluding hydrogens is 376 g/mol. The summed E-state index contributed by atoms with van der Waals surface area (Å²) in [4.78, 5) is 12.4. The van der Waals surface area contributed by atoms with Crippen molar-refractivity contribution in [2.24, 2.45) is 5.92 Å². The van der Waals surface area contributed by atoms with Gasteiger partial charge < -0.3 is 10.1 Å². The number of hydrogen-bond donors (Lipinski definition) is 1. The first-order valence-electron chi connectivity index (χ1n) is 9.06. The fourth-order valence-corrected chi connectivity index (χ4v) is 3.50. The van der Waals surface area contributed by atoms with E-state index in [1.165, 1.54) is 25.5 Å². The molecule has 1 aromatic carbocycles. The molecule has 8 heteroatoms. The van der Waals surface area contributed by atoms with Gasteiger partial charge >= 0.3 is 0 Å². The van der Waals surface area contributed by atoms with Crippen LogP contribution in [0.2, 0.25) is 5.02 Å². The molecule has 2 unspecified atom stereocenters. The summed E-state index contributed by atoms with van der Waals surface area (Å²) in [5.41, 5.74) is -0.501. The van der Waals surface area contributed by atoms with Gasteiger partial charge in [-0.15, -0.1) is 0 Å².